The van der Waals surface area contributed by atoms with Crippen LogP contribution in [0.4, 0.5) is 5.69 Å². The Balaban J connectivity index is 1.59. The Labute approximate surface area is 256 Å². The SMILES string of the molecule is CCC(C)CC(NC(=O)c1nc2ccccc2n1I)C(=O)NC(Cc1ccc[nH]c1=O)C(=O)C(=O)Nc1ccccc1. The monoisotopic (exact) mass is 682 g/mol. The third-order valence-electron chi connectivity index (χ3n) is 6.88. The van der Waals surface area contributed by atoms with Gasteiger partial charge in [-0.05, 0) is 42.7 Å². The highest BCUT2D eigenvalue weighted by Gasteiger charge is 2.32. The zero-order valence-electron chi connectivity index (χ0n) is 23.1. The van der Waals surface area contributed by atoms with E-state index < -0.39 is 41.1 Å². The summed E-state index contributed by atoms with van der Waals surface area (Å²) in [4.78, 5) is 72.6. The summed E-state index contributed by atoms with van der Waals surface area (Å²) in [6, 6.07) is 16.4. The van der Waals surface area contributed by atoms with Crippen molar-refractivity contribution >= 4 is 63.1 Å². The fourth-order valence-corrected chi connectivity index (χ4v) is 5.09. The van der Waals surface area contributed by atoms with E-state index in [0.717, 1.165) is 11.9 Å². The number of rotatable bonds is 12. The van der Waals surface area contributed by atoms with Crippen molar-refractivity contribution in [1.29, 1.82) is 0 Å². The van der Waals surface area contributed by atoms with Gasteiger partial charge in [0.2, 0.25) is 17.5 Å². The molecule has 4 aromatic rings. The first kappa shape index (κ1) is 30.6. The minimum absolute atomic E-state index is 0.0481. The smallest absolute Gasteiger partial charge is 0.293 e. The van der Waals surface area contributed by atoms with Crippen LogP contribution in [0.5, 0.6) is 0 Å². The van der Waals surface area contributed by atoms with E-state index in [1.54, 1.807) is 45.2 Å². The number of pyridine rings is 1. The van der Waals surface area contributed by atoms with Gasteiger partial charge in [0.15, 0.2) is 0 Å². The van der Waals surface area contributed by atoms with Crippen molar-refractivity contribution in [2.24, 2.45) is 5.92 Å². The molecule has 4 N–H and O–H groups in total. The lowest BCUT2D eigenvalue weighted by Gasteiger charge is -2.24. The van der Waals surface area contributed by atoms with Crippen LogP contribution in [0.15, 0.2) is 77.7 Å². The fourth-order valence-electron chi connectivity index (χ4n) is 4.35. The molecule has 0 saturated carbocycles. The molecule has 3 amide bonds. The summed E-state index contributed by atoms with van der Waals surface area (Å²) in [5.41, 5.74) is 1.54. The van der Waals surface area contributed by atoms with Crippen molar-refractivity contribution in [3.63, 3.8) is 0 Å². The van der Waals surface area contributed by atoms with Gasteiger partial charge in [0.25, 0.3) is 17.4 Å². The van der Waals surface area contributed by atoms with Gasteiger partial charge in [0.1, 0.15) is 12.1 Å². The first-order valence-electron chi connectivity index (χ1n) is 13.5. The van der Waals surface area contributed by atoms with E-state index in [1.165, 1.54) is 12.3 Å². The summed E-state index contributed by atoms with van der Waals surface area (Å²) in [6.07, 6.45) is 2.24. The van der Waals surface area contributed by atoms with Crippen molar-refractivity contribution in [2.45, 2.75) is 45.2 Å². The van der Waals surface area contributed by atoms with Gasteiger partial charge in [-0.2, -0.15) is 0 Å². The Hall–Kier alpha value is -4.33. The quantitative estimate of drug-likeness (QED) is 0.133. The van der Waals surface area contributed by atoms with Gasteiger partial charge in [-0.1, -0.05) is 56.7 Å². The number of fused-ring (bicyclic) bond motifs is 1. The summed E-state index contributed by atoms with van der Waals surface area (Å²) >= 11 is 1.98. The number of aromatic amines is 1. The second-order valence-electron chi connectivity index (χ2n) is 9.95. The number of halogens is 1. The van der Waals surface area contributed by atoms with Gasteiger partial charge in [-0.25, -0.2) is 4.98 Å². The van der Waals surface area contributed by atoms with E-state index in [0.29, 0.717) is 11.2 Å². The highest BCUT2D eigenvalue weighted by atomic mass is 127. The Morgan fingerprint density at radius 3 is 2.36 bits per heavy atom. The Kier molecular flexibility index (Phi) is 10.2. The maximum Gasteiger partial charge on any atom is 0.293 e. The second kappa shape index (κ2) is 14.0. The van der Waals surface area contributed by atoms with Gasteiger partial charge in [-0.3, -0.25) is 26.8 Å². The van der Waals surface area contributed by atoms with E-state index in [-0.39, 0.29) is 30.1 Å². The lowest BCUT2D eigenvalue weighted by Crippen LogP contribution is -2.54. The zero-order chi connectivity index (χ0) is 30.2. The maximum absolute atomic E-state index is 13.7. The molecule has 3 atom stereocenters. The number of carbonyl (C=O) groups is 4. The molecule has 4 rings (SSSR count). The van der Waals surface area contributed by atoms with Crippen molar-refractivity contribution in [2.75, 3.05) is 5.32 Å². The molecule has 0 aliphatic heterocycles. The van der Waals surface area contributed by atoms with Gasteiger partial charge in [0, 0.05) is 23.9 Å². The first-order chi connectivity index (χ1) is 20.2. The largest absolute Gasteiger partial charge is 0.344 e. The van der Waals surface area contributed by atoms with Crippen LogP contribution in [0.1, 0.15) is 42.9 Å². The van der Waals surface area contributed by atoms with E-state index in [9.17, 15) is 24.0 Å². The molecule has 0 aliphatic rings. The van der Waals surface area contributed by atoms with Crippen molar-refractivity contribution < 1.29 is 19.2 Å². The summed E-state index contributed by atoms with van der Waals surface area (Å²) < 4.78 is 1.61. The number of imidazole rings is 1. The topological polar surface area (TPSA) is 155 Å². The number of hydrogen-bond acceptors (Lipinski definition) is 6. The van der Waals surface area contributed by atoms with Crippen LogP contribution in [-0.4, -0.2) is 48.3 Å². The molecular formula is C30H31IN6O5. The number of amides is 3. The van der Waals surface area contributed by atoms with Crippen LogP contribution < -0.4 is 21.5 Å². The Morgan fingerprint density at radius 1 is 0.952 bits per heavy atom. The Bertz CT molecular complexity index is 1650. The Morgan fingerprint density at radius 2 is 1.67 bits per heavy atom. The van der Waals surface area contributed by atoms with Gasteiger partial charge in [0.05, 0.1) is 33.9 Å². The maximum atomic E-state index is 13.7. The molecule has 0 fully saturated rings. The average Bonchev–Trinajstić information content (AvgIpc) is 3.33. The molecule has 2 aromatic heterocycles. The predicted octanol–water partition coefficient (Wildman–Crippen LogP) is 3.39. The van der Waals surface area contributed by atoms with Crippen LogP contribution in [0.25, 0.3) is 11.0 Å². The number of nitrogens with zero attached hydrogens (tertiary/aromatic N) is 2. The highest BCUT2D eigenvalue weighted by molar-refractivity contribution is 14.1. The number of benzene rings is 2. The molecule has 0 bridgehead atoms. The molecule has 3 unspecified atom stereocenters. The molecule has 2 aromatic carbocycles. The number of para-hydroxylation sites is 3. The van der Waals surface area contributed by atoms with E-state index >= 15 is 0 Å². The molecule has 2 heterocycles. The average molecular weight is 683 g/mol. The standard InChI is InChI=1S/C30H31IN6O5/c1-3-18(2)16-23(36-30(42)26-34-21-13-7-8-14-24(21)37(26)31)28(40)35-22(17-19-10-9-15-32-27(19)39)25(38)29(41)33-20-11-5-4-6-12-20/h4-15,18,22-23H,3,16-17H2,1-2H3,(H,32,39)(H,33,41)(H,35,40)(H,36,42). The predicted molar refractivity (Wildman–Crippen MR) is 167 cm³/mol. The normalized spacial score (nSPS) is 13.1. The number of anilines is 1. The summed E-state index contributed by atoms with van der Waals surface area (Å²) in [6.45, 7) is 3.91. The fraction of sp³-hybridized carbons (Fsp3) is 0.267. The molecule has 42 heavy (non-hydrogen) atoms. The summed E-state index contributed by atoms with van der Waals surface area (Å²) in [5, 5.41) is 7.94. The third-order valence-corrected chi connectivity index (χ3v) is 7.85. The molecule has 12 heteroatoms. The van der Waals surface area contributed by atoms with E-state index in [1.807, 2.05) is 54.9 Å². The zero-order valence-corrected chi connectivity index (χ0v) is 25.3. The number of H-pyrrole nitrogens is 1. The van der Waals surface area contributed by atoms with Gasteiger partial charge >= 0.3 is 0 Å². The molecule has 0 radical (unpaired) electrons. The molecular weight excluding hydrogens is 651 g/mol. The van der Waals surface area contributed by atoms with Gasteiger partial charge in [-0.15, -0.1) is 0 Å². The minimum atomic E-state index is -1.37. The van der Waals surface area contributed by atoms with Crippen molar-refractivity contribution in [3.8, 4) is 0 Å². The minimum Gasteiger partial charge on any atom is -0.344 e. The molecule has 0 spiro atoms. The highest BCUT2D eigenvalue weighted by Crippen LogP contribution is 2.19. The molecule has 0 aliphatic carbocycles. The number of hydrogen-bond donors (Lipinski definition) is 4. The van der Waals surface area contributed by atoms with Crippen LogP contribution in [-0.2, 0) is 20.8 Å². The lowest BCUT2D eigenvalue weighted by atomic mass is 9.97. The number of ketones is 1. The van der Waals surface area contributed by atoms with Gasteiger partial charge < -0.3 is 20.9 Å². The van der Waals surface area contributed by atoms with E-state index in [2.05, 4.69) is 25.9 Å². The molecule has 11 nitrogen and oxygen atoms in total. The number of aromatic nitrogens is 3. The summed E-state index contributed by atoms with van der Waals surface area (Å²) in [7, 11) is 0. The first-order valence-corrected chi connectivity index (χ1v) is 14.5. The number of carbonyl (C=O) groups excluding carboxylic acids is 4. The number of nitrogens with one attached hydrogen (secondary N) is 4. The van der Waals surface area contributed by atoms with Crippen LogP contribution in [0, 0.1) is 5.92 Å². The molecule has 218 valence electrons. The number of Topliss-reactive ketones (excluding diaryl/α,β-unsaturated/α-hetero) is 1. The van der Waals surface area contributed by atoms with Crippen molar-refractivity contribution in [1.82, 2.24) is 23.4 Å². The summed E-state index contributed by atoms with van der Waals surface area (Å²) in [5.74, 6) is -2.93. The van der Waals surface area contributed by atoms with Crippen LogP contribution >= 0.6 is 22.9 Å². The third kappa shape index (κ3) is 7.49. The lowest BCUT2D eigenvalue weighted by molar-refractivity contribution is -0.137. The van der Waals surface area contributed by atoms with E-state index in [4.69, 9.17) is 0 Å². The van der Waals surface area contributed by atoms with Crippen LogP contribution in [0.2, 0.25) is 0 Å². The van der Waals surface area contributed by atoms with Crippen LogP contribution in [0.3, 0.4) is 0 Å². The van der Waals surface area contributed by atoms with Crippen molar-refractivity contribution in [3.05, 3.63) is 94.7 Å². The molecule has 0 saturated heterocycles. The second-order valence-corrected chi connectivity index (χ2v) is 10.9.